The molecule has 0 aliphatic heterocycles. The van der Waals surface area contributed by atoms with E-state index in [0.29, 0.717) is 34.0 Å². The molecule has 2 N–H and O–H groups in total. The summed E-state index contributed by atoms with van der Waals surface area (Å²) >= 11 is 0. The fourth-order valence-corrected chi connectivity index (χ4v) is 3.69. The van der Waals surface area contributed by atoms with Gasteiger partial charge in [-0.25, -0.2) is 0 Å². The molecule has 37 heavy (non-hydrogen) atoms. The normalized spacial score (nSPS) is 11.0. The van der Waals surface area contributed by atoms with Crippen LogP contribution in [0.4, 0.5) is 17.1 Å². The van der Waals surface area contributed by atoms with Gasteiger partial charge in [0.1, 0.15) is 17.1 Å². The summed E-state index contributed by atoms with van der Waals surface area (Å²) in [5.41, 5.74) is 1.98. The first kappa shape index (κ1) is 23.3. The molecule has 2 amide bonds. The second-order valence-electron chi connectivity index (χ2n) is 7.98. The molecule has 0 unspecified atom stereocenters. The lowest BCUT2D eigenvalue weighted by molar-refractivity contribution is -0.384. The van der Waals surface area contributed by atoms with Crippen molar-refractivity contribution in [2.24, 2.45) is 0 Å². The zero-order valence-corrected chi connectivity index (χ0v) is 19.2. The molecule has 182 valence electrons. The molecule has 2 aromatic heterocycles. The molecule has 9 heteroatoms. The van der Waals surface area contributed by atoms with Crippen LogP contribution in [0.5, 0.6) is 0 Å². The Morgan fingerprint density at radius 1 is 0.811 bits per heavy atom. The summed E-state index contributed by atoms with van der Waals surface area (Å²) in [5, 5.41) is 17.5. The van der Waals surface area contributed by atoms with E-state index in [1.165, 1.54) is 18.2 Å². The van der Waals surface area contributed by atoms with E-state index in [1.54, 1.807) is 66.7 Å². The van der Waals surface area contributed by atoms with Crippen LogP contribution < -0.4 is 10.6 Å². The van der Waals surface area contributed by atoms with Crippen LogP contribution >= 0.6 is 0 Å². The van der Waals surface area contributed by atoms with E-state index < -0.39 is 10.8 Å². The summed E-state index contributed by atoms with van der Waals surface area (Å²) in [5.74, 6) is 0.114. The van der Waals surface area contributed by atoms with Crippen LogP contribution in [0.1, 0.15) is 16.3 Å². The second kappa shape index (κ2) is 10.0. The van der Waals surface area contributed by atoms with E-state index in [-0.39, 0.29) is 17.4 Å². The van der Waals surface area contributed by atoms with Crippen molar-refractivity contribution in [3.05, 3.63) is 119 Å². The molecule has 3 aromatic carbocycles. The predicted molar refractivity (Wildman–Crippen MR) is 139 cm³/mol. The Hall–Kier alpha value is -5.44. The highest BCUT2D eigenvalue weighted by atomic mass is 16.6. The summed E-state index contributed by atoms with van der Waals surface area (Å²) in [6.07, 6.45) is 2.76. The summed E-state index contributed by atoms with van der Waals surface area (Å²) < 4.78 is 11.2. The number of carbonyl (C=O) groups excluding carboxylic acids is 2. The minimum atomic E-state index is -0.476. The number of fused-ring (bicyclic) bond motifs is 1. The first-order valence-corrected chi connectivity index (χ1v) is 11.2. The molecule has 5 rings (SSSR count). The van der Waals surface area contributed by atoms with Gasteiger partial charge in [0, 0.05) is 28.9 Å². The van der Waals surface area contributed by atoms with Crippen molar-refractivity contribution in [1.82, 2.24) is 0 Å². The number of nitro benzene ring substituents is 1. The number of para-hydroxylation sites is 2. The van der Waals surface area contributed by atoms with Gasteiger partial charge in [-0.2, -0.15) is 0 Å². The molecule has 0 saturated heterocycles. The van der Waals surface area contributed by atoms with Gasteiger partial charge in [0.25, 0.3) is 11.6 Å². The molecule has 0 atom stereocenters. The molecule has 9 nitrogen and oxygen atoms in total. The zero-order chi connectivity index (χ0) is 25.8. The predicted octanol–water partition coefficient (Wildman–Crippen LogP) is 6.51. The number of nitrogens with zero attached hydrogens (tertiary/aromatic N) is 1. The fourth-order valence-electron chi connectivity index (χ4n) is 3.69. The first-order valence-electron chi connectivity index (χ1n) is 11.2. The number of anilines is 2. The third-order valence-corrected chi connectivity index (χ3v) is 5.45. The molecule has 0 radical (unpaired) electrons. The summed E-state index contributed by atoms with van der Waals surface area (Å²) in [6.45, 7) is 0. The SMILES string of the molecule is O=C(C=Cc1ccc(-c2ccccc2[N+](=O)[O-])o1)Nc1ccc(NC(=O)c2cc3ccccc3o2)cc1. The van der Waals surface area contributed by atoms with Crippen LogP contribution in [0.3, 0.4) is 0 Å². The number of nitrogens with one attached hydrogen (secondary N) is 2. The lowest BCUT2D eigenvalue weighted by Crippen LogP contribution is -2.11. The van der Waals surface area contributed by atoms with Crippen LogP contribution in [-0.2, 0) is 4.79 Å². The van der Waals surface area contributed by atoms with Crippen molar-refractivity contribution in [1.29, 1.82) is 0 Å². The average Bonchev–Trinajstić information content (AvgIpc) is 3.56. The maximum absolute atomic E-state index is 12.5. The lowest BCUT2D eigenvalue weighted by Gasteiger charge is -2.06. The van der Waals surface area contributed by atoms with Crippen molar-refractivity contribution in [2.75, 3.05) is 10.6 Å². The Labute approximate surface area is 210 Å². The lowest BCUT2D eigenvalue weighted by atomic mass is 10.1. The number of benzene rings is 3. The van der Waals surface area contributed by atoms with Crippen LogP contribution in [0.25, 0.3) is 28.4 Å². The molecule has 0 fully saturated rings. The van der Waals surface area contributed by atoms with Crippen molar-refractivity contribution in [3.63, 3.8) is 0 Å². The Morgan fingerprint density at radius 3 is 2.27 bits per heavy atom. The standard InChI is InChI=1S/C28H19N3O6/c32-27(16-14-21-13-15-25(36-21)22-6-2-3-7-23(22)31(34)35)29-19-9-11-20(12-10-19)30-28(33)26-17-18-5-1-4-8-24(18)37-26/h1-17H,(H,29,32)(H,30,33). The fraction of sp³-hybridized carbons (Fsp3) is 0. The van der Waals surface area contributed by atoms with Gasteiger partial charge in [0.15, 0.2) is 5.76 Å². The number of rotatable bonds is 7. The van der Waals surface area contributed by atoms with E-state index in [0.717, 1.165) is 5.39 Å². The van der Waals surface area contributed by atoms with Crippen molar-refractivity contribution in [2.45, 2.75) is 0 Å². The van der Waals surface area contributed by atoms with Gasteiger partial charge in [-0.1, -0.05) is 30.3 Å². The van der Waals surface area contributed by atoms with Crippen LogP contribution in [0.15, 0.2) is 106 Å². The molecular formula is C28H19N3O6. The number of nitro groups is 1. The molecule has 0 spiro atoms. The van der Waals surface area contributed by atoms with Crippen molar-refractivity contribution >= 4 is 45.9 Å². The summed E-state index contributed by atoms with van der Waals surface area (Å²) in [4.78, 5) is 35.6. The Kier molecular flexibility index (Phi) is 6.33. The second-order valence-corrected chi connectivity index (χ2v) is 7.98. The number of hydrogen-bond donors (Lipinski definition) is 2. The van der Waals surface area contributed by atoms with Crippen LogP contribution in [-0.4, -0.2) is 16.7 Å². The van der Waals surface area contributed by atoms with E-state index in [4.69, 9.17) is 8.83 Å². The maximum atomic E-state index is 12.5. The number of furan rings is 2. The quantitative estimate of drug-likeness (QED) is 0.151. The smallest absolute Gasteiger partial charge is 0.291 e. The number of carbonyl (C=O) groups is 2. The molecule has 0 bridgehead atoms. The Bertz CT molecular complexity index is 1610. The highest BCUT2D eigenvalue weighted by Crippen LogP contribution is 2.31. The zero-order valence-electron chi connectivity index (χ0n) is 19.2. The molecule has 0 aliphatic carbocycles. The molecule has 0 saturated carbocycles. The summed E-state index contributed by atoms with van der Waals surface area (Å²) in [6, 6.07) is 25.1. The average molecular weight is 493 g/mol. The van der Waals surface area contributed by atoms with Crippen LogP contribution in [0, 0.1) is 10.1 Å². The Morgan fingerprint density at radius 2 is 1.51 bits per heavy atom. The number of hydrogen-bond acceptors (Lipinski definition) is 6. The van der Waals surface area contributed by atoms with Crippen LogP contribution in [0.2, 0.25) is 0 Å². The monoisotopic (exact) mass is 493 g/mol. The highest BCUT2D eigenvalue weighted by molar-refractivity contribution is 6.05. The van der Waals surface area contributed by atoms with Crippen molar-refractivity contribution in [3.8, 4) is 11.3 Å². The minimum absolute atomic E-state index is 0.0673. The van der Waals surface area contributed by atoms with Gasteiger partial charge < -0.3 is 19.5 Å². The van der Waals surface area contributed by atoms with E-state index in [9.17, 15) is 19.7 Å². The van der Waals surface area contributed by atoms with Gasteiger partial charge in [-0.05, 0) is 60.7 Å². The highest BCUT2D eigenvalue weighted by Gasteiger charge is 2.17. The number of amides is 2. The van der Waals surface area contributed by atoms with Gasteiger partial charge in [0.05, 0.1) is 10.5 Å². The summed E-state index contributed by atoms with van der Waals surface area (Å²) in [7, 11) is 0. The maximum Gasteiger partial charge on any atom is 0.291 e. The molecule has 0 aliphatic rings. The largest absolute Gasteiger partial charge is 0.456 e. The molecule has 5 aromatic rings. The van der Waals surface area contributed by atoms with Gasteiger partial charge >= 0.3 is 0 Å². The van der Waals surface area contributed by atoms with E-state index in [2.05, 4.69) is 10.6 Å². The minimum Gasteiger partial charge on any atom is -0.456 e. The first-order chi connectivity index (χ1) is 18.0. The van der Waals surface area contributed by atoms with E-state index >= 15 is 0 Å². The molecular weight excluding hydrogens is 474 g/mol. The van der Waals surface area contributed by atoms with Crippen molar-refractivity contribution < 1.29 is 23.3 Å². The Balaban J connectivity index is 1.19. The molecule has 2 heterocycles. The topological polar surface area (TPSA) is 128 Å². The van der Waals surface area contributed by atoms with Gasteiger partial charge in [-0.3, -0.25) is 19.7 Å². The van der Waals surface area contributed by atoms with Gasteiger partial charge in [-0.15, -0.1) is 0 Å². The van der Waals surface area contributed by atoms with E-state index in [1.807, 2.05) is 18.2 Å². The third kappa shape index (κ3) is 5.30. The van der Waals surface area contributed by atoms with Gasteiger partial charge in [0.2, 0.25) is 5.91 Å². The third-order valence-electron chi connectivity index (χ3n) is 5.45.